The molecule has 0 aromatic rings. The number of carboxylic acid groups (broad SMARTS) is 1. The maximum atomic E-state index is 12.5. The Kier molecular flexibility index (Phi) is 11.5. The highest BCUT2D eigenvalue weighted by Gasteiger charge is 2.30. The molecule has 0 radical (unpaired) electrons. The molecule has 166 valence electrons. The number of hydrogen-bond donors (Lipinski definition) is 6. The van der Waals surface area contributed by atoms with Crippen LogP contribution in [0.25, 0.3) is 0 Å². The van der Waals surface area contributed by atoms with E-state index in [1.165, 1.54) is 0 Å². The Morgan fingerprint density at radius 3 is 1.93 bits per heavy atom. The Balaban J connectivity index is 4.94. The van der Waals surface area contributed by atoms with Crippen LogP contribution in [0.5, 0.6) is 0 Å². The second-order valence-corrected chi connectivity index (χ2v) is 7.13. The molecule has 5 unspecified atom stereocenters. The second kappa shape index (κ2) is 12.7. The number of carbonyl (C=O) groups is 5. The van der Waals surface area contributed by atoms with Crippen LogP contribution in [-0.2, 0) is 24.0 Å². The molecule has 0 aliphatic rings. The molecule has 0 aromatic heterocycles. The summed E-state index contributed by atoms with van der Waals surface area (Å²) in [5.74, 6) is -4.48. The Labute approximate surface area is 170 Å². The maximum absolute atomic E-state index is 12.5. The molecular formula is C18H33N5O6. The van der Waals surface area contributed by atoms with Crippen LogP contribution in [0.2, 0.25) is 0 Å². The van der Waals surface area contributed by atoms with E-state index in [9.17, 15) is 24.0 Å². The molecule has 0 bridgehead atoms. The van der Waals surface area contributed by atoms with Gasteiger partial charge in [0.2, 0.25) is 23.6 Å². The number of carbonyl (C=O) groups excluding carboxylic acids is 4. The van der Waals surface area contributed by atoms with Crippen molar-refractivity contribution >= 4 is 29.6 Å². The van der Waals surface area contributed by atoms with E-state index in [-0.39, 0.29) is 11.8 Å². The standard InChI is InChI=1S/C18H33N5O6/c1-5-9(3)14(20)16(26)23-15(10(4)6-2)17(27)21-8-13(25)22-11(18(28)29)7-12(19)24/h9-11,14-15H,5-8,20H2,1-4H3,(H2,19,24)(H,21,27)(H,22,25)(H,23,26)(H,28,29). The summed E-state index contributed by atoms with van der Waals surface area (Å²) < 4.78 is 0. The van der Waals surface area contributed by atoms with Crippen molar-refractivity contribution in [2.75, 3.05) is 6.54 Å². The summed E-state index contributed by atoms with van der Waals surface area (Å²) >= 11 is 0. The van der Waals surface area contributed by atoms with Gasteiger partial charge < -0.3 is 32.5 Å². The van der Waals surface area contributed by atoms with Crippen LogP contribution in [0.3, 0.4) is 0 Å². The van der Waals surface area contributed by atoms with Crippen molar-refractivity contribution in [1.29, 1.82) is 0 Å². The summed E-state index contributed by atoms with van der Waals surface area (Å²) in [6.07, 6.45) is 0.710. The Bertz CT molecular complexity index is 612. The molecule has 0 aliphatic carbocycles. The van der Waals surface area contributed by atoms with Gasteiger partial charge in [-0.1, -0.05) is 40.5 Å². The fourth-order valence-corrected chi connectivity index (χ4v) is 2.39. The number of nitrogens with two attached hydrogens (primary N) is 2. The van der Waals surface area contributed by atoms with Crippen molar-refractivity contribution in [3.05, 3.63) is 0 Å². The van der Waals surface area contributed by atoms with Crippen LogP contribution < -0.4 is 27.4 Å². The first-order valence-corrected chi connectivity index (χ1v) is 9.58. The largest absolute Gasteiger partial charge is 0.480 e. The van der Waals surface area contributed by atoms with E-state index in [0.717, 1.165) is 0 Å². The van der Waals surface area contributed by atoms with Crippen LogP contribution >= 0.6 is 0 Å². The summed E-state index contributed by atoms with van der Waals surface area (Å²) in [4.78, 5) is 58.7. The van der Waals surface area contributed by atoms with Crippen molar-refractivity contribution in [2.24, 2.45) is 23.3 Å². The van der Waals surface area contributed by atoms with Gasteiger partial charge in [0.25, 0.3) is 0 Å². The summed E-state index contributed by atoms with van der Waals surface area (Å²) in [7, 11) is 0. The van der Waals surface area contributed by atoms with Gasteiger partial charge in [-0.2, -0.15) is 0 Å². The average Bonchev–Trinajstić information content (AvgIpc) is 2.67. The fraction of sp³-hybridized carbons (Fsp3) is 0.722. The van der Waals surface area contributed by atoms with Crippen LogP contribution in [0, 0.1) is 11.8 Å². The predicted octanol–water partition coefficient (Wildman–Crippen LogP) is -1.55. The zero-order chi connectivity index (χ0) is 22.7. The lowest BCUT2D eigenvalue weighted by Gasteiger charge is -2.26. The second-order valence-electron chi connectivity index (χ2n) is 7.13. The average molecular weight is 415 g/mol. The highest BCUT2D eigenvalue weighted by Crippen LogP contribution is 2.10. The van der Waals surface area contributed by atoms with Gasteiger partial charge in [-0.05, 0) is 11.8 Å². The number of nitrogens with one attached hydrogen (secondary N) is 3. The molecule has 11 nitrogen and oxygen atoms in total. The van der Waals surface area contributed by atoms with Crippen molar-refractivity contribution in [1.82, 2.24) is 16.0 Å². The summed E-state index contributed by atoms with van der Waals surface area (Å²) in [6.45, 7) is 6.82. The Morgan fingerprint density at radius 1 is 0.931 bits per heavy atom. The number of amides is 4. The quantitative estimate of drug-likeness (QED) is 0.209. The molecule has 0 aromatic carbocycles. The Hall–Kier alpha value is -2.69. The van der Waals surface area contributed by atoms with Crippen LogP contribution in [0.1, 0.15) is 47.0 Å². The van der Waals surface area contributed by atoms with E-state index in [2.05, 4.69) is 16.0 Å². The van der Waals surface area contributed by atoms with E-state index in [0.29, 0.717) is 12.8 Å². The summed E-state index contributed by atoms with van der Waals surface area (Å²) in [6, 6.07) is -3.17. The SMILES string of the molecule is CCC(C)C(N)C(=O)NC(C(=O)NCC(=O)NC(CC(N)=O)C(=O)O)C(C)CC. The smallest absolute Gasteiger partial charge is 0.326 e. The van der Waals surface area contributed by atoms with Crippen molar-refractivity contribution in [2.45, 2.75) is 65.1 Å². The van der Waals surface area contributed by atoms with Gasteiger partial charge in [0.05, 0.1) is 19.0 Å². The number of primary amides is 1. The highest BCUT2D eigenvalue weighted by molar-refractivity contribution is 5.93. The minimum Gasteiger partial charge on any atom is -0.480 e. The molecule has 11 heteroatoms. The van der Waals surface area contributed by atoms with Crippen molar-refractivity contribution in [3.63, 3.8) is 0 Å². The highest BCUT2D eigenvalue weighted by atomic mass is 16.4. The van der Waals surface area contributed by atoms with Crippen LogP contribution in [0.15, 0.2) is 0 Å². The molecular weight excluding hydrogens is 382 g/mol. The maximum Gasteiger partial charge on any atom is 0.326 e. The minimum absolute atomic E-state index is 0.0698. The van der Waals surface area contributed by atoms with Gasteiger partial charge in [0.1, 0.15) is 12.1 Å². The molecule has 0 heterocycles. The zero-order valence-corrected chi connectivity index (χ0v) is 17.4. The van der Waals surface area contributed by atoms with E-state index in [4.69, 9.17) is 16.6 Å². The molecule has 5 atom stereocenters. The number of hydrogen-bond acceptors (Lipinski definition) is 6. The van der Waals surface area contributed by atoms with Gasteiger partial charge in [0.15, 0.2) is 0 Å². The van der Waals surface area contributed by atoms with E-state index in [1.807, 2.05) is 20.8 Å². The molecule has 0 aliphatic heterocycles. The molecule has 0 spiro atoms. The van der Waals surface area contributed by atoms with Crippen LogP contribution in [0.4, 0.5) is 0 Å². The zero-order valence-electron chi connectivity index (χ0n) is 17.4. The molecule has 0 saturated heterocycles. The monoisotopic (exact) mass is 415 g/mol. The molecule has 0 fully saturated rings. The lowest BCUT2D eigenvalue weighted by Crippen LogP contribution is -2.56. The lowest BCUT2D eigenvalue weighted by atomic mass is 9.95. The normalized spacial score (nSPS) is 15.9. The first-order chi connectivity index (χ1) is 13.4. The molecule has 0 rings (SSSR count). The van der Waals surface area contributed by atoms with Crippen LogP contribution in [-0.4, -0.2) is 59.4 Å². The number of rotatable bonds is 13. The third-order valence-electron chi connectivity index (χ3n) is 4.81. The molecule has 29 heavy (non-hydrogen) atoms. The lowest BCUT2D eigenvalue weighted by molar-refractivity contribution is -0.143. The number of carboxylic acids is 1. The van der Waals surface area contributed by atoms with Gasteiger partial charge in [0, 0.05) is 0 Å². The van der Waals surface area contributed by atoms with E-state index >= 15 is 0 Å². The van der Waals surface area contributed by atoms with Crippen molar-refractivity contribution in [3.8, 4) is 0 Å². The van der Waals surface area contributed by atoms with Gasteiger partial charge in [-0.25, -0.2) is 4.79 Å². The van der Waals surface area contributed by atoms with E-state index < -0.39 is 60.7 Å². The topological polar surface area (TPSA) is 194 Å². The van der Waals surface area contributed by atoms with Gasteiger partial charge in [-0.3, -0.25) is 19.2 Å². The van der Waals surface area contributed by atoms with E-state index in [1.54, 1.807) is 6.92 Å². The van der Waals surface area contributed by atoms with Crippen molar-refractivity contribution < 1.29 is 29.1 Å². The molecule has 0 saturated carbocycles. The minimum atomic E-state index is -1.49. The first-order valence-electron chi connectivity index (χ1n) is 9.58. The fourth-order valence-electron chi connectivity index (χ4n) is 2.39. The summed E-state index contributed by atoms with van der Waals surface area (Å²) in [5, 5.41) is 16.1. The third kappa shape index (κ3) is 9.37. The van der Waals surface area contributed by atoms with Gasteiger partial charge >= 0.3 is 5.97 Å². The Morgan fingerprint density at radius 2 is 1.48 bits per heavy atom. The first kappa shape index (κ1) is 26.3. The molecule has 8 N–H and O–H groups in total. The predicted molar refractivity (Wildman–Crippen MR) is 105 cm³/mol. The van der Waals surface area contributed by atoms with Gasteiger partial charge in [-0.15, -0.1) is 0 Å². The third-order valence-corrected chi connectivity index (χ3v) is 4.81. The summed E-state index contributed by atoms with van der Waals surface area (Å²) in [5.41, 5.74) is 10.9. The number of aliphatic carboxylic acids is 1. The molecule has 4 amide bonds.